The standard InChI is InChI=1S/C18H22F2O/c1-3-4-5-6-13-7-9-14(10-8-13)15-11-12-16(21-2)18(20)17(15)19/h3-4,9,11-13H,5-8,10H2,1-2H3/b4-3+. The fraction of sp³-hybridized carbons (Fsp3) is 0.444. The van der Waals surface area contributed by atoms with Crippen LogP contribution < -0.4 is 4.74 Å². The molecule has 0 aliphatic heterocycles. The molecule has 1 unspecified atom stereocenters. The number of methoxy groups -OCH3 is 1. The van der Waals surface area contributed by atoms with Gasteiger partial charge in [0.1, 0.15) is 0 Å². The molecule has 0 saturated heterocycles. The van der Waals surface area contributed by atoms with E-state index in [2.05, 4.69) is 18.2 Å². The molecule has 1 nitrogen and oxygen atoms in total. The molecule has 1 aromatic rings. The van der Waals surface area contributed by atoms with E-state index in [0.717, 1.165) is 37.7 Å². The van der Waals surface area contributed by atoms with Gasteiger partial charge in [-0.2, -0.15) is 4.39 Å². The number of hydrogen-bond acceptors (Lipinski definition) is 1. The lowest BCUT2D eigenvalue weighted by Crippen LogP contribution is -2.07. The quantitative estimate of drug-likeness (QED) is 0.650. The van der Waals surface area contributed by atoms with E-state index in [9.17, 15) is 8.78 Å². The summed E-state index contributed by atoms with van der Waals surface area (Å²) in [5.74, 6) is -1.09. The minimum atomic E-state index is -0.897. The minimum absolute atomic E-state index is 0.0445. The molecule has 0 bridgehead atoms. The number of halogens is 2. The Balaban J connectivity index is 2.09. The van der Waals surface area contributed by atoms with Crippen molar-refractivity contribution in [2.24, 2.45) is 5.92 Å². The van der Waals surface area contributed by atoms with E-state index in [1.807, 2.05) is 6.92 Å². The highest BCUT2D eigenvalue weighted by Crippen LogP contribution is 2.35. The van der Waals surface area contributed by atoms with E-state index in [0.29, 0.717) is 11.5 Å². The third-order valence-corrected chi connectivity index (χ3v) is 4.11. The van der Waals surface area contributed by atoms with E-state index in [-0.39, 0.29) is 5.75 Å². The van der Waals surface area contributed by atoms with Gasteiger partial charge in [-0.25, -0.2) is 4.39 Å². The van der Waals surface area contributed by atoms with Gasteiger partial charge in [-0.15, -0.1) is 0 Å². The van der Waals surface area contributed by atoms with Gasteiger partial charge in [0.2, 0.25) is 5.82 Å². The van der Waals surface area contributed by atoms with Gasteiger partial charge in [-0.05, 0) is 62.7 Å². The summed E-state index contributed by atoms with van der Waals surface area (Å²) < 4.78 is 32.6. The van der Waals surface area contributed by atoms with Crippen molar-refractivity contribution in [2.45, 2.75) is 39.0 Å². The molecule has 1 aliphatic carbocycles. The third-order valence-electron chi connectivity index (χ3n) is 4.11. The highest BCUT2D eigenvalue weighted by Gasteiger charge is 2.20. The van der Waals surface area contributed by atoms with Gasteiger partial charge in [-0.1, -0.05) is 18.2 Å². The fourth-order valence-corrected chi connectivity index (χ4v) is 2.83. The number of hydrogen-bond donors (Lipinski definition) is 0. The number of allylic oxidation sites excluding steroid dienone is 4. The molecule has 3 heteroatoms. The van der Waals surface area contributed by atoms with Crippen molar-refractivity contribution in [1.29, 1.82) is 0 Å². The van der Waals surface area contributed by atoms with Crippen molar-refractivity contribution in [3.63, 3.8) is 0 Å². The summed E-state index contributed by atoms with van der Waals surface area (Å²) in [6.45, 7) is 2.03. The van der Waals surface area contributed by atoms with Crippen molar-refractivity contribution in [3.05, 3.63) is 47.6 Å². The van der Waals surface area contributed by atoms with Crippen LogP contribution in [0.4, 0.5) is 8.78 Å². The summed E-state index contributed by atoms with van der Waals surface area (Å²) in [5.41, 5.74) is 1.29. The summed E-state index contributed by atoms with van der Waals surface area (Å²) in [5, 5.41) is 0. The zero-order valence-electron chi connectivity index (χ0n) is 12.7. The van der Waals surface area contributed by atoms with Crippen LogP contribution in [0.5, 0.6) is 5.75 Å². The molecule has 0 radical (unpaired) electrons. The predicted octanol–water partition coefficient (Wildman–Crippen LogP) is 5.51. The molecule has 0 aromatic heterocycles. The van der Waals surface area contributed by atoms with Gasteiger partial charge in [0.25, 0.3) is 0 Å². The summed E-state index contributed by atoms with van der Waals surface area (Å²) in [6, 6.07) is 3.11. The summed E-state index contributed by atoms with van der Waals surface area (Å²) in [4.78, 5) is 0. The molecule has 0 spiro atoms. The van der Waals surface area contributed by atoms with E-state index in [1.54, 1.807) is 6.07 Å². The van der Waals surface area contributed by atoms with Gasteiger partial charge in [0.05, 0.1) is 7.11 Å². The van der Waals surface area contributed by atoms with Crippen LogP contribution in [0.2, 0.25) is 0 Å². The van der Waals surface area contributed by atoms with E-state index >= 15 is 0 Å². The highest BCUT2D eigenvalue weighted by atomic mass is 19.2. The van der Waals surface area contributed by atoms with Crippen LogP contribution in [0.15, 0.2) is 30.4 Å². The topological polar surface area (TPSA) is 9.23 Å². The Morgan fingerprint density at radius 1 is 1.29 bits per heavy atom. The van der Waals surface area contributed by atoms with E-state index < -0.39 is 11.6 Å². The van der Waals surface area contributed by atoms with Crippen molar-refractivity contribution in [3.8, 4) is 5.75 Å². The first-order valence-corrected chi connectivity index (χ1v) is 7.50. The molecule has 1 aromatic carbocycles. The average molecular weight is 292 g/mol. The Kier molecular flexibility index (Phi) is 5.54. The van der Waals surface area contributed by atoms with Gasteiger partial charge in [0.15, 0.2) is 11.6 Å². The van der Waals surface area contributed by atoms with Gasteiger partial charge in [0, 0.05) is 5.56 Å². The largest absolute Gasteiger partial charge is 0.494 e. The van der Waals surface area contributed by atoms with E-state index in [1.165, 1.54) is 13.2 Å². The average Bonchev–Trinajstić information content (AvgIpc) is 2.51. The van der Waals surface area contributed by atoms with Crippen LogP contribution in [0, 0.1) is 17.6 Å². The second-order valence-corrected chi connectivity index (χ2v) is 5.46. The van der Waals surface area contributed by atoms with Crippen molar-refractivity contribution in [2.75, 3.05) is 7.11 Å². The van der Waals surface area contributed by atoms with Gasteiger partial charge >= 0.3 is 0 Å². The summed E-state index contributed by atoms with van der Waals surface area (Å²) in [6.07, 6.45) is 11.4. The normalized spacial score (nSPS) is 18.9. The number of rotatable bonds is 5. The van der Waals surface area contributed by atoms with Crippen molar-refractivity contribution in [1.82, 2.24) is 0 Å². The van der Waals surface area contributed by atoms with Crippen LogP contribution in [0.1, 0.15) is 44.6 Å². The second-order valence-electron chi connectivity index (χ2n) is 5.46. The molecule has 2 rings (SSSR count). The molecule has 1 atom stereocenters. The molecule has 0 N–H and O–H groups in total. The molecule has 0 amide bonds. The molecule has 0 saturated carbocycles. The summed E-state index contributed by atoms with van der Waals surface area (Å²) in [7, 11) is 1.34. The highest BCUT2D eigenvalue weighted by molar-refractivity contribution is 5.67. The van der Waals surface area contributed by atoms with Crippen molar-refractivity contribution >= 4 is 5.57 Å². The monoisotopic (exact) mass is 292 g/mol. The lowest BCUT2D eigenvalue weighted by Gasteiger charge is -2.22. The van der Waals surface area contributed by atoms with E-state index in [4.69, 9.17) is 4.74 Å². The zero-order chi connectivity index (χ0) is 15.2. The Bertz CT molecular complexity index is 546. The van der Waals surface area contributed by atoms with Gasteiger partial charge < -0.3 is 4.74 Å². The molecular formula is C18H22F2O. The Morgan fingerprint density at radius 2 is 2.10 bits per heavy atom. The first kappa shape index (κ1) is 15.7. The van der Waals surface area contributed by atoms with Crippen LogP contribution in [0.3, 0.4) is 0 Å². The maximum Gasteiger partial charge on any atom is 0.201 e. The second kappa shape index (κ2) is 7.39. The molecule has 0 fully saturated rings. The summed E-state index contributed by atoms with van der Waals surface area (Å²) >= 11 is 0. The minimum Gasteiger partial charge on any atom is -0.494 e. The van der Waals surface area contributed by atoms with Crippen LogP contribution in [0.25, 0.3) is 5.57 Å². The molecular weight excluding hydrogens is 270 g/mol. The molecule has 21 heavy (non-hydrogen) atoms. The third kappa shape index (κ3) is 3.72. The van der Waals surface area contributed by atoms with Crippen LogP contribution >= 0.6 is 0 Å². The lowest BCUT2D eigenvalue weighted by molar-refractivity contribution is 0.371. The fourth-order valence-electron chi connectivity index (χ4n) is 2.83. The molecule has 114 valence electrons. The SMILES string of the molecule is C/C=C/CCC1CC=C(c2ccc(OC)c(F)c2F)CC1. The number of ether oxygens (including phenoxy) is 1. The van der Waals surface area contributed by atoms with Crippen LogP contribution in [-0.4, -0.2) is 7.11 Å². The van der Waals surface area contributed by atoms with Gasteiger partial charge in [-0.3, -0.25) is 0 Å². The molecule has 1 aliphatic rings. The zero-order valence-corrected chi connectivity index (χ0v) is 12.7. The maximum atomic E-state index is 14.1. The lowest BCUT2D eigenvalue weighted by atomic mass is 9.84. The Morgan fingerprint density at radius 3 is 2.71 bits per heavy atom. The Hall–Kier alpha value is -1.64. The smallest absolute Gasteiger partial charge is 0.201 e. The van der Waals surface area contributed by atoms with Crippen LogP contribution in [-0.2, 0) is 0 Å². The maximum absolute atomic E-state index is 14.1. The Labute approximate surface area is 125 Å². The first-order chi connectivity index (χ1) is 10.2. The number of benzene rings is 1. The predicted molar refractivity (Wildman–Crippen MR) is 82.3 cm³/mol. The first-order valence-electron chi connectivity index (χ1n) is 7.50. The molecule has 0 heterocycles. The van der Waals surface area contributed by atoms with Crippen molar-refractivity contribution < 1.29 is 13.5 Å².